The van der Waals surface area contributed by atoms with E-state index in [1.54, 1.807) is 18.4 Å². The molecule has 1 aliphatic rings. The number of nitrogens with zero attached hydrogens (tertiary/aromatic N) is 3. The number of piperidine rings is 1. The van der Waals surface area contributed by atoms with Crippen molar-refractivity contribution in [3.63, 3.8) is 0 Å². The Morgan fingerprint density at radius 3 is 2.64 bits per heavy atom. The summed E-state index contributed by atoms with van der Waals surface area (Å²) in [5, 5.41) is 1.08. The highest BCUT2D eigenvalue weighted by Crippen LogP contribution is 2.31. The summed E-state index contributed by atoms with van der Waals surface area (Å²) < 4.78 is 25.7. The molecular formula is C15H21N3O2S2. The molecule has 0 aliphatic carbocycles. The standard InChI is InChI=1S/C15H21N3O2S2/c1-17(22(2,19)20)11-12-7-9-18(10-8-12)15-16-13-5-3-4-6-14(13)21-15/h3-6,12H,7-11H2,1-2H3. The van der Waals surface area contributed by atoms with Gasteiger partial charge in [-0.05, 0) is 30.9 Å². The van der Waals surface area contributed by atoms with Crippen molar-refractivity contribution in [1.82, 2.24) is 9.29 Å². The van der Waals surface area contributed by atoms with Gasteiger partial charge in [-0.2, -0.15) is 0 Å². The summed E-state index contributed by atoms with van der Waals surface area (Å²) in [4.78, 5) is 7.02. The van der Waals surface area contributed by atoms with Gasteiger partial charge in [-0.25, -0.2) is 17.7 Å². The number of thiazole rings is 1. The van der Waals surface area contributed by atoms with Crippen LogP contribution in [0.1, 0.15) is 12.8 Å². The summed E-state index contributed by atoms with van der Waals surface area (Å²) in [5.74, 6) is 0.436. The number of para-hydroxylation sites is 1. The van der Waals surface area contributed by atoms with Crippen LogP contribution < -0.4 is 4.90 Å². The van der Waals surface area contributed by atoms with Gasteiger partial charge in [0.2, 0.25) is 10.0 Å². The molecule has 3 rings (SSSR count). The predicted molar refractivity (Wildman–Crippen MR) is 92.0 cm³/mol. The van der Waals surface area contributed by atoms with Crippen LogP contribution in [0.2, 0.25) is 0 Å². The first-order valence-electron chi connectivity index (χ1n) is 7.45. The van der Waals surface area contributed by atoms with E-state index in [1.807, 2.05) is 18.2 Å². The van der Waals surface area contributed by atoms with Gasteiger partial charge in [0.15, 0.2) is 5.13 Å². The maximum absolute atomic E-state index is 11.5. The van der Waals surface area contributed by atoms with Gasteiger partial charge in [0.25, 0.3) is 0 Å². The lowest BCUT2D eigenvalue weighted by Crippen LogP contribution is -2.39. The lowest BCUT2D eigenvalue weighted by molar-refractivity contribution is 0.329. The zero-order valence-corrected chi connectivity index (χ0v) is 14.5. The van der Waals surface area contributed by atoms with Crippen molar-refractivity contribution in [2.75, 3.05) is 37.8 Å². The second kappa shape index (κ2) is 6.14. The SMILES string of the molecule is CN(CC1CCN(c2nc3ccccc3s2)CC1)S(C)(=O)=O. The van der Waals surface area contributed by atoms with Crippen LogP contribution in [-0.2, 0) is 10.0 Å². The molecule has 0 atom stereocenters. The molecule has 120 valence electrons. The Kier molecular flexibility index (Phi) is 4.38. The molecule has 1 aliphatic heterocycles. The van der Waals surface area contributed by atoms with Crippen LogP contribution in [-0.4, -0.2) is 50.6 Å². The summed E-state index contributed by atoms with van der Waals surface area (Å²) >= 11 is 1.73. The van der Waals surface area contributed by atoms with Gasteiger partial charge in [0.05, 0.1) is 16.5 Å². The van der Waals surface area contributed by atoms with E-state index < -0.39 is 10.0 Å². The van der Waals surface area contributed by atoms with Gasteiger partial charge in [0, 0.05) is 26.7 Å². The number of aromatic nitrogens is 1. The third-order valence-electron chi connectivity index (χ3n) is 4.25. The van der Waals surface area contributed by atoms with Crippen LogP contribution in [0.5, 0.6) is 0 Å². The smallest absolute Gasteiger partial charge is 0.210 e. The molecule has 0 saturated carbocycles. The van der Waals surface area contributed by atoms with Gasteiger partial charge in [-0.1, -0.05) is 23.5 Å². The van der Waals surface area contributed by atoms with E-state index in [-0.39, 0.29) is 0 Å². The molecule has 0 N–H and O–H groups in total. The molecule has 1 fully saturated rings. The van der Waals surface area contributed by atoms with E-state index in [1.165, 1.54) is 15.3 Å². The fourth-order valence-corrected chi connectivity index (χ4v) is 4.30. The monoisotopic (exact) mass is 339 g/mol. The summed E-state index contributed by atoms with van der Waals surface area (Å²) in [7, 11) is -1.41. The summed E-state index contributed by atoms with van der Waals surface area (Å²) in [6.45, 7) is 2.51. The average Bonchev–Trinajstić information content (AvgIpc) is 2.91. The van der Waals surface area contributed by atoms with Gasteiger partial charge >= 0.3 is 0 Å². The third-order valence-corrected chi connectivity index (χ3v) is 6.63. The predicted octanol–water partition coefficient (Wildman–Crippen LogP) is 2.40. The summed E-state index contributed by atoms with van der Waals surface area (Å²) in [6, 6.07) is 8.20. The minimum Gasteiger partial charge on any atom is -0.348 e. The second-order valence-corrected chi connectivity index (χ2v) is 9.04. The molecule has 5 nitrogen and oxygen atoms in total. The molecule has 0 radical (unpaired) electrons. The molecule has 1 aromatic carbocycles. The molecule has 1 aromatic heterocycles. The number of fused-ring (bicyclic) bond motifs is 1. The molecule has 2 aromatic rings. The van der Waals surface area contributed by atoms with Crippen LogP contribution in [0.15, 0.2) is 24.3 Å². The topological polar surface area (TPSA) is 53.5 Å². The van der Waals surface area contributed by atoms with E-state index in [4.69, 9.17) is 4.98 Å². The minimum atomic E-state index is -3.08. The summed E-state index contributed by atoms with van der Waals surface area (Å²) in [6.07, 6.45) is 3.29. The molecule has 0 bridgehead atoms. The van der Waals surface area contributed by atoms with Crippen molar-refractivity contribution in [3.05, 3.63) is 24.3 Å². The van der Waals surface area contributed by atoms with Gasteiger partial charge in [0.1, 0.15) is 0 Å². The minimum absolute atomic E-state index is 0.436. The van der Waals surface area contributed by atoms with Crippen molar-refractivity contribution in [2.24, 2.45) is 5.92 Å². The lowest BCUT2D eigenvalue weighted by atomic mass is 9.97. The number of hydrogen-bond acceptors (Lipinski definition) is 5. The molecule has 0 unspecified atom stereocenters. The van der Waals surface area contributed by atoms with Crippen molar-refractivity contribution in [3.8, 4) is 0 Å². The Morgan fingerprint density at radius 1 is 1.32 bits per heavy atom. The number of hydrogen-bond donors (Lipinski definition) is 0. The van der Waals surface area contributed by atoms with Crippen molar-refractivity contribution >= 4 is 36.7 Å². The Labute approximate surface area is 135 Å². The molecule has 22 heavy (non-hydrogen) atoms. The average molecular weight is 339 g/mol. The first-order valence-corrected chi connectivity index (χ1v) is 10.1. The number of rotatable bonds is 4. The van der Waals surface area contributed by atoms with E-state index in [0.717, 1.165) is 36.6 Å². The normalized spacial score (nSPS) is 17.5. The first kappa shape index (κ1) is 15.7. The number of anilines is 1. The highest BCUT2D eigenvalue weighted by Gasteiger charge is 2.24. The van der Waals surface area contributed by atoms with E-state index in [0.29, 0.717) is 12.5 Å². The fourth-order valence-electron chi connectivity index (χ4n) is 2.80. The lowest BCUT2D eigenvalue weighted by Gasteiger charge is -2.33. The highest BCUT2D eigenvalue weighted by molar-refractivity contribution is 7.88. The van der Waals surface area contributed by atoms with Gasteiger partial charge in [-0.15, -0.1) is 0 Å². The Bertz CT molecular complexity index is 716. The van der Waals surface area contributed by atoms with Crippen LogP contribution >= 0.6 is 11.3 Å². The Hall–Kier alpha value is -1.18. The second-order valence-electron chi connectivity index (χ2n) is 5.94. The molecule has 1 saturated heterocycles. The molecular weight excluding hydrogens is 318 g/mol. The summed E-state index contributed by atoms with van der Waals surface area (Å²) in [5.41, 5.74) is 1.06. The Morgan fingerprint density at radius 2 is 2.00 bits per heavy atom. The van der Waals surface area contributed by atoms with Crippen molar-refractivity contribution in [1.29, 1.82) is 0 Å². The number of benzene rings is 1. The van der Waals surface area contributed by atoms with E-state index in [2.05, 4.69) is 11.0 Å². The van der Waals surface area contributed by atoms with Crippen LogP contribution in [0.3, 0.4) is 0 Å². The third kappa shape index (κ3) is 3.42. The van der Waals surface area contributed by atoms with E-state index >= 15 is 0 Å². The van der Waals surface area contributed by atoms with Gasteiger partial charge < -0.3 is 4.90 Å². The largest absolute Gasteiger partial charge is 0.348 e. The maximum Gasteiger partial charge on any atom is 0.210 e. The molecule has 0 spiro atoms. The van der Waals surface area contributed by atoms with Crippen LogP contribution in [0.25, 0.3) is 10.2 Å². The van der Waals surface area contributed by atoms with Crippen LogP contribution in [0, 0.1) is 5.92 Å². The maximum atomic E-state index is 11.5. The van der Waals surface area contributed by atoms with E-state index in [9.17, 15) is 8.42 Å². The highest BCUT2D eigenvalue weighted by atomic mass is 32.2. The Balaban J connectivity index is 1.62. The van der Waals surface area contributed by atoms with Crippen LogP contribution in [0.4, 0.5) is 5.13 Å². The van der Waals surface area contributed by atoms with Crippen molar-refractivity contribution in [2.45, 2.75) is 12.8 Å². The quantitative estimate of drug-likeness (QED) is 0.858. The zero-order chi connectivity index (χ0) is 15.7. The zero-order valence-electron chi connectivity index (χ0n) is 12.9. The first-order chi connectivity index (χ1) is 10.4. The van der Waals surface area contributed by atoms with Gasteiger partial charge in [-0.3, -0.25) is 0 Å². The van der Waals surface area contributed by atoms with Crippen molar-refractivity contribution < 1.29 is 8.42 Å². The molecule has 0 amide bonds. The molecule has 7 heteroatoms. The number of sulfonamides is 1. The molecule has 2 heterocycles. The fraction of sp³-hybridized carbons (Fsp3) is 0.533.